The van der Waals surface area contributed by atoms with Gasteiger partial charge in [0, 0.05) is 10.0 Å². The monoisotopic (exact) mass is 393 g/mol. The lowest BCUT2D eigenvalue weighted by Crippen LogP contribution is -2.16. The highest BCUT2D eigenvalue weighted by Gasteiger charge is 2.21. The molecule has 0 saturated heterocycles. The fourth-order valence-corrected chi connectivity index (χ4v) is 2.58. The van der Waals surface area contributed by atoms with Crippen LogP contribution in [0.1, 0.15) is 17.2 Å². The van der Waals surface area contributed by atoms with Gasteiger partial charge in [-0.25, -0.2) is 13.2 Å². The van der Waals surface area contributed by atoms with E-state index in [-0.39, 0.29) is 15.6 Å². The van der Waals surface area contributed by atoms with Gasteiger partial charge in [0.05, 0.1) is 10.5 Å². The average Bonchev–Trinajstić information content (AvgIpc) is 2.33. The minimum Gasteiger partial charge on any atom is -0.320 e. The highest BCUT2D eigenvalue weighted by molar-refractivity contribution is 9.10. The summed E-state index contributed by atoms with van der Waals surface area (Å²) in [6.45, 7) is 0. The second kappa shape index (κ2) is 5.64. The zero-order valence-electron chi connectivity index (χ0n) is 9.43. The molecule has 0 radical (unpaired) electrons. The third-order valence-corrected chi connectivity index (χ3v) is 3.70. The van der Waals surface area contributed by atoms with Gasteiger partial charge in [-0.1, -0.05) is 15.9 Å². The first-order chi connectivity index (χ1) is 8.90. The zero-order valence-corrected chi connectivity index (χ0v) is 12.6. The maximum absolute atomic E-state index is 13.9. The molecule has 0 bridgehead atoms. The fraction of sp³-hybridized carbons (Fsp3) is 0.0769. The quantitative estimate of drug-likeness (QED) is 0.735. The third kappa shape index (κ3) is 3.01. The number of nitrogens with two attached hydrogens (primary N) is 1. The molecule has 1 atom stereocenters. The Bertz CT molecular complexity index is 611. The summed E-state index contributed by atoms with van der Waals surface area (Å²) >= 11 is 6.08. The fourth-order valence-electron chi connectivity index (χ4n) is 1.75. The summed E-state index contributed by atoms with van der Waals surface area (Å²) in [5, 5.41) is 0. The van der Waals surface area contributed by atoms with Crippen molar-refractivity contribution in [1.82, 2.24) is 0 Å². The standard InChI is InChI=1S/C13H8Br2F3N/c14-7-3-6(4-8(16)5-7)13(19)11-10(17)2-1-9(15)12(11)18/h1-5,13H,19H2. The summed E-state index contributed by atoms with van der Waals surface area (Å²) in [7, 11) is 0. The molecule has 2 aromatic carbocycles. The van der Waals surface area contributed by atoms with Crippen molar-refractivity contribution >= 4 is 31.9 Å². The number of hydrogen-bond acceptors (Lipinski definition) is 1. The molecule has 100 valence electrons. The molecule has 0 saturated carbocycles. The predicted molar refractivity (Wildman–Crippen MR) is 74.2 cm³/mol. The minimum absolute atomic E-state index is 0.106. The average molecular weight is 395 g/mol. The molecule has 2 N–H and O–H groups in total. The molecule has 1 nitrogen and oxygen atoms in total. The van der Waals surface area contributed by atoms with Crippen LogP contribution in [0.25, 0.3) is 0 Å². The zero-order chi connectivity index (χ0) is 14.2. The molecular weight excluding hydrogens is 387 g/mol. The first kappa shape index (κ1) is 14.6. The highest BCUT2D eigenvalue weighted by Crippen LogP contribution is 2.30. The summed E-state index contributed by atoms with van der Waals surface area (Å²) in [5.41, 5.74) is 5.82. The molecule has 0 amide bonds. The van der Waals surface area contributed by atoms with Gasteiger partial charge in [0.25, 0.3) is 0 Å². The van der Waals surface area contributed by atoms with E-state index in [1.807, 2.05) is 0 Å². The summed E-state index contributed by atoms with van der Waals surface area (Å²) in [4.78, 5) is 0. The molecule has 0 aliphatic rings. The van der Waals surface area contributed by atoms with E-state index in [4.69, 9.17) is 5.73 Å². The molecule has 0 heterocycles. The highest BCUT2D eigenvalue weighted by atomic mass is 79.9. The van der Waals surface area contributed by atoms with Crippen LogP contribution in [0.2, 0.25) is 0 Å². The van der Waals surface area contributed by atoms with Crippen molar-refractivity contribution in [3.63, 3.8) is 0 Å². The Morgan fingerprint density at radius 1 is 1.00 bits per heavy atom. The minimum atomic E-state index is -1.09. The summed E-state index contributed by atoms with van der Waals surface area (Å²) in [6, 6.07) is 5.18. The van der Waals surface area contributed by atoms with Gasteiger partial charge in [-0.05, 0) is 51.8 Å². The normalized spacial score (nSPS) is 12.5. The molecular formula is C13H8Br2F3N. The van der Waals surface area contributed by atoms with Crippen molar-refractivity contribution in [3.8, 4) is 0 Å². The first-order valence-corrected chi connectivity index (χ1v) is 6.83. The van der Waals surface area contributed by atoms with Crippen molar-refractivity contribution in [1.29, 1.82) is 0 Å². The van der Waals surface area contributed by atoms with Crippen molar-refractivity contribution in [3.05, 3.63) is 67.9 Å². The van der Waals surface area contributed by atoms with E-state index in [0.717, 1.165) is 12.1 Å². The molecule has 19 heavy (non-hydrogen) atoms. The Kier molecular flexibility index (Phi) is 4.32. The van der Waals surface area contributed by atoms with Gasteiger partial charge in [-0.2, -0.15) is 0 Å². The van der Waals surface area contributed by atoms with Crippen LogP contribution >= 0.6 is 31.9 Å². The lowest BCUT2D eigenvalue weighted by Gasteiger charge is -2.15. The van der Waals surface area contributed by atoms with Gasteiger partial charge in [-0.15, -0.1) is 0 Å². The van der Waals surface area contributed by atoms with E-state index in [1.165, 1.54) is 18.2 Å². The second-order valence-corrected chi connectivity index (χ2v) is 5.71. The van der Waals surface area contributed by atoms with Gasteiger partial charge in [0.15, 0.2) is 0 Å². The van der Waals surface area contributed by atoms with Crippen LogP contribution in [0.5, 0.6) is 0 Å². The number of hydrogen-bond donors (Lipinski definition) is 1. The Morgan fingerprint density at radius 2 is 1.68 bits per heavy atom. The van der Waals surface area contributed by atoms with Crippen molar-refractivity contribution < 1.29 is 13.2 Å². The molecule has 2 rings (SSSR count). The molecule has 0 spiro atoms. The number of benzene rings is 2. The molecule has 0 aromatic heterocycles. The Labute approximate surface area is 124 Å². The summed E-state index contributed by atoms with van der Waals surface area (Å²) < 4.78 is 41.5. The maximum atomic E-state index is 13.9. The van der Waals surface area contributed by atoms with E-state index >= 15 is 0 Å². The van der Waals surface area contributed by atoms with Crippen LogP contribution < -0.4 is 5.73 Å². The van der Waals surface area contributed by atoms with E-state index in [0.29, 0.717) is 4.47 Å². The maximum Gasteiger partial charge on any atom is 0.145 e. The smallest absolute Gasteiger partial charge is 0.145 e. The van der Waals surface area contributed by atoms with Gasteiger partial charge < -0.3 is 5.73 Å². The topological polar surface area (TPSA) is 26.0 Å². The van der Waals surface area contributed by atoms with Gasteiger partial charge in [0.1, 0.15) is 17.5 Å². The van der Waals surface area contributed by atoms with Crippen LogP contribution in [-0.4, -0.2) is 0 Å². The molecule has 0 aliphatic carbocycles. The molecule has 0 aliphatic heterocycles. The Hall–Kier alpha value is -0.850. The van der Waals surface area contributed by atoms with Gasteiger partial charge >= 0.3 is 0 Å². The van der Waals surface area contributed by atoms with E-state index in [1.54, 1.807) is 0 Å². The van der Waals surface area contributed by atoms with E-state index in [9.17, 15) is 13.2 Å². The largest absolute Gasteiger partial charge is 0.320 e. The van der Waals surface area contributed by atoms with Crippen LogP contribution in [0.3, 0.4) is 0 Å². The van der Waals surface area contributed by atoms with Crippen LogP contribution in [0.15, 0.2) is 39.3 Å². The van der Waals surface area contributed by atoms with Crippen molar-refractivity contribution in [2.75, 3.05) is 0 Å². The van der Waals surface area contributed by atoms with E-state index in [2.05, 4.69) is 31.9 Å². The third-order valence-electron chi connectivity index (χ3n) is 2.63. The number of halogens is 5. The summed E-state index contributed by atoms with van der Waals surface area (Å²) in [5.74, 6) is -2.09. The van der Waals surface area contributed by atoms with Crippen LogP contribution in [0.4, 0.5) is 13.2 Å². The van der Waals surface area contributed by atoms with Gasteiger partial charge in [0.2, 0.25) is 0 Å². The van der Waals surface area contributed by atoms with E-state index < -0.39 is 23.5 Å². The first-order valence-electron chi connectivity index (χ1n) is 5.25. The molecule has 2 aromatic rings. The van der Waals surface area contributed by atoms with Crippen molar-refractivity contribution in [2.45, 2.75) is 6.04 Å². The van der Waals surface area contributed by atoms with Crippen molar-refractivity contribution in [2.24, 2.45) is 5.73 Å². The lowest BCUT2D eigenvalue weighted by molar-refractivity contribution is 0.538. The Balaban J connectivity index is 2.55. The van der Waals surface area contributed by atoms with Crippen LogP contribution in [0, 0.1) is 17.5 Å². The molecule has 6 heteroatoms. The number of rotatable bonds is 2. The predicted octanol–water partition coefficient (Wildman–Crippen LogP) is 4.68. The SMILES string of the molecule is NC(c1cc(F)cc(Br)c1)c1c(F)ccc(Br)c1F. The summed E-state index contributed by atoms with van der Waals surface area (Å²) in [6.07, 6.45) is 0. The molecule has 1 unspecified atom stereocenters. The molecule has 0 fully saturated rings. The second-order valence-electron chi connectivity index (χ2n) is 3.94. The lowest BCUT2D eigenvalue weighted by atomic mass is 9.98. The Morgan fingerprint density at radius 3 is 2.32 bits per heavy atom. The van der Waals surface area contributed by atoms with Crippen LogP contribution in [-0.2, 0) is 0 Å². The van der Waals surface area contributed by atoms with Gasteiger partial charge in [-0.3, -0.25) is 0 Å².